The molecule has 310 valence electrons. The maximum atomic E-state index is 14.9. The number of aliphatic hydroxyl groups is 4. The second-order valence-corrected chi connectivity index (χ2v) is 17.4. The van der Waals surface area contributed by atoms with Crippen molar-refractivity contribution in [3.63, 3.8) is 0 Å². The Morgan fingerprint density at radius 3 is 2.16 bits per heavy atom. The molecule has 0 spiro atoms. The first kappa shape index (κ1) is 42.4. The quantitative estimate of drug-likeness (QED) is 0.140. The van der Waals surface area contributed by atoms with E-state index in [0.29, 0.717) is 5.56 Å². The van der Waals surface area contributed by atoms with E-state index in [0.717, 1.165) is 0 Å². The Hall–Kier alpha value is -4.18. The highest BCUT2D eigenvalue weighted by molar-refractivity contribution is 5.94. The van der Waals surface area contributed by atoms with Gasteiger partial charge in [0.2, 0.25) is 0 Å². The van der Waals surface area contributed by atoms with Crippen molar-refractivity contribution >= 4 is 23.8 Å². The van der Waals surface area contributed by atoms with Crippen molar-refractivity contribution in [3.8, 4) is 0 Å². The van der Waals surface area contributed by atoms with Gasteiger partial charge in [0.25, 0.3) is 0 Å². The van der Waals surface area contributed by atoms with Crippen molar-refractivity contribution < 1.29 is 63.3 Å². The minimum absolute atomic E-state index is 0.00473. The van der Waals surface area contributed by atoms with Crippen LogP contribution in [0, 0.1) is 16.7 Å². The first-order chi connectivity index (χ1) is 26.6. The average molecular weight is 794 g/mol. The fraction of sp³-hybridized carbons (Fsp3) is 0.581. The summed E-state index contributed by atoms with van der Waals surface area (Å²) < 4.78 is 30.2. The Labute approximate surface area is 332 Å². The van der Waals surface area contributed by atoms with Crippen LogP contribution in [0.15, 0.2) is 71.8 Å². The van der Waals surface area contributed by atoms with E-state index in [-0.39, 0.29) is 36.3 Å². The van der Waals surface area contributed by atoms with Crippen LogP contribution in [0.3, 0.4) is 0 Å². The Morgan fingerprint density at radius 1 is 0.982 bits per heavy atom. The molecular formula is C43H55NO13. The predicted molar refractivity (Wildman–Crippen MR) is 203 cm³/mol. The molecule has 5 N–H and O–H groups in total. The molecule has 11 atom stereocenters. The highest BCUT2D eigenvalue weighted by Gasteiger charge is 2.77. The van der Waals surface area contributed by atoms with Gasteiger partial charge in [0.15, 0.2) is 11.9 Å². The van der Waals surface area contributed by atoms with Crippen LogP contribution in [0.25, 0.3) is 0 Å². The molecule has 1 unspecified atom stereocenters. The number of Topliss-reactive ketones (excluding diaryl/α,β-unsaturated/α-hetero) is 1. The van der Waals surface area contributed by atoms with E-state index in [1.54, 1.807) is 97.0 Å². The number of hydrogen-bond donors (Lipinski definition) is 5. The number of esters is 2. The van der Waals surface area contributed by atoms with E-state index in [2.05, 4.69) is 5.32 Å². The molecule has 4 aliphatic rings. The van der Waals surface area contributed by atoms with Gasteiger partial charge in [0.1, 0.15) is 35.1 Å². The van der Waals surface area contributed by atoms with E-state index in [1.165, 1.54) is 19.1 Å². The number of ether oxygens (including phenoxy) is 5. The number of nitrogens with one attached hydrogen (secondary N) is 1. The van der Waals surface area contributed by atoms with E-state index in [4.69, 9.17) is 23.7 Å². The van der Waals surface area contributed by atoms with E-state index >= 15 is 0 Å². The number of ketones is 1. The average Bonchev–Trinajstić information content (AvgIpc) is 3.15. The second-order valence-electron chi connectivity index (χ2n) is 17.4. The van der Waals surface area contributed by atoms with Crippen LogP contribution in [-0.2, 0) is 33.3 Å². The van der Waals surface area contributed by atoms with Crippen LogP contribution in [0.4, 0.5) is 4.79 Å². The monoisotopic (exact) mass is 793 g/mol. The van der Waals surface area contributed by atoms with Crippen LogP contribution in [0.5, 0.6) is 0 Å². The van der Waals surface area contributed by atoms with Crippen LogP contribution in [-0.4, -0.2) is 111 Å². The normalized spacial score (nSPS) is 34.2. The largest absolute Gasteiger partial charge is 0.456 e. The first-order valence-electron chi connectivity index (χ1n) is 19.4. The molecule has 2 aromatic carbocycles. The number of carbonyl (C=O) groups excluding carboxylic acids is 4. The number of carbonyl (C=O) groups is 4. The molecular weight excluding hydrogens is 738 g/mol. The molecule has 1 heterocycles. The lowest BCUT2D eigenvalue weighted by Gasteiger charge is -2.68. The van der Waals surface area contributed by atoms with Crippen LogP contribution < -0.4 is 5.32 Å². The molecule has 3 aliphatic carbocycles. The molecule has 57 heavy (non-hydrogen) atoms. The number of rotatable bonds is 9. The molecule has 14 heteroatoms. The van der Waals surface area contributed by atoms with Gasteiger partial charge in [-0.2, -0.15) is 0 Å². The lowest BCUT2D eigenvalue weighted by molar-refractivity contribution is -0.356. The van der Waals surface area contributed by atoms with Crippen molar-refractivity contribution in [2.45, 2.75) is 128 Å². The SMILES string of the molecule is CCO[C@@]12CO[C@@H]1C[C@H](O)[C@@]1(C)C(=O)[C@H](O)C3=C(C)[C@@H](OC(=O)[C@H](O)[C@@H](NC(=O)OC(C)(C)C)c4ccccc4)C[C@@](O)([C@@H](OC(=O)c4ccccc4)C12)C3(C)C. The third-order valence-electron chi connectivity index (χ3n) is 12.6. The summed E-state index contributed by atoms with van der Waals surface area (Å²) in [5.74, 6) is -4.11. The standard InChI is InChI=1S/C43H55NO13/c1-9-54-42-22-53-28(42)20-27(45)41(8)33(42)35(56-36(49)25-18-14-11-15-19-25)43(52)21-26(23(2)29(40(43,6)7)31(46)34(41)48)55-37(50)32(47)30(24-16-12-10-13-17-24)44-38(51)57-39(3,4)5/h10-19,26-28,30-33,35,45-47,52H,9,20-22H2,1-8H3,(H,44,51)/t26-,27-,28+,30-,31+,32+,33?,35-,41+,42-,43+/m0/s1. The Morgan fingerprint density at radius 2 is 1.60 bits per heavy atom. The van der Waals surface area contributed by atoms with Crippen molar-refractivity contribution in [2.24, 2.45) is 16.7 Å². The lowest BCUT2D eigenvalue weighted by atomic mass is 9.44. The Kier molecular flexibility index (Phi) is 11.3. The van der Waals surface area contributed by atoms with Crippen molar-refractivity contribution in [3.05, 3.63) is 82.9 Å². The fourth-order valence-electron chi connectivity index (χ4n) is 9.63. The highest BCUT2D eigenvalue weighted by atomic mass is 16.6. The molecule has 14 nitrogen and oxygen atoms in total. The van der Waals surface area contributed by atoms with Gasteiger partial charge >= 0.3 is 18.0 Å². The summed E-state index contributed by atoms with van der Waals surface area (Å²) in [4.78, 5) is 56.1. The first-order valence-corrected chi connectivity index (χ1v) is 19.4. The van der Waals surface area contributed by atoms with E-state index < -0.39 is 106 Å². The third kappa shape index (κ3) is 7.08. The van der Waals surface area contributed by atoms with Crippen molar-refractivity contribution in [1.82, 2.24) is 5.32 Å². The molecule has 0 aromatic heterocycles. The molecule has 2 aromatic rings. The lowest BCUT2D eigenvalue weighted by Crippen LogP contribution is -2.81. The van der Waals surface area contributed by atoms with Crippen molar-refractivity contribution in [2.75, 3.05) is 13.2 Å². The summed E-state index contributed by atoms with van der Waals surface area (Å²) >= 11 is 0. The van der Waals surface area contributed by atoms with Gasteiger partial charge in [-0.15, -0.1) is 0 Å². The predicted octanol–water partition coefficient (Wildman–Crippen LogP) is 3.73. The van der Waals surface area contributed by atoms with E-state index in [1.807, 2.05) is 0 Å². The van der Waals surface area contributed by atoms with Crippen LogP contribution in [0.1, 0.15) is 90.2 Å². The molecule has 2 bridgehead atoms. The maximum Gasteiger partial charge on any atom is 0.408 e. The number of hydrogen-bond acceptors (Lipinski definition) is 13. The number of benzene rings is 2. The smallest absolute Gasteiger partial charge is 0.408 e. The molecule has 1 amide bonds. The summed E-state index contributed by atoms with van der Waals surface area (Å²) in [6.45, 7) is 13.1. The molecule has 3 fully saturated rings. The summed E-state index contributed by atoms with van der Waals surface area (Å²) in [6.07, 6.45) is -10.5. The molecule has 0 radical (unpaired) electrons. The topological polar surface area (TPSA) is 207 Å². The number of aliphatic hydroxyl groups excluding tert-OH is 3. The van der Waals surface area contributed by atoms with Crippen molar-refractivity contribution in [1.29, 1.82) is 0 Å². The summed E-state index contributed by atoms with van der Waals surface area (Å²) in [6, 6.07) is 15.0. The maximum absolute atomic E-state index is 14.9. The Bertz CT molecular complexity index is 1890. The second kappa shape index (κ2) is 15.2. The summed E-state index contributed by atoms with van der Waals surface area (Å²) in [5, 5.41) is 51.6. The van der Waals surface area contributed by atoms with Crippen LogP contribution in [0.2, 0.25) is 0 Å². The van der Waals surface area contributed by atoms with Gasteiger partial charge in [-0.05, 0) is 70.4 Å². The Balaban J connectivity index is 1.47. The number of alkyl carbamates (subject to hydrolysis) is 1. The number of amides is 1. The molecule has 1 aliphatic heterocycles. The molecule has 1 saturated heterocycles. The third-order valence-corrected chi connectivity index (χ3v) is 12.6. The van der Waals surface area contributed by atoms with Gasteiger partial charge in [0.05, 0.1) is 35.8 Å². The molecule has 2 saturated carbocycles. The van der Waals surface area contributed by atoms with Gasteiger partial charge in [-0.1, -0.05) is 62.4 Å². The van der Waals surface area contributed by atoms with Crippen LogP contribution >= 0.6 is 0 Å². The zero-order chi connectivity index (χ0) is 41.9. The highest BCUT2D eigenvalue weighted by Crippen LogP contribution is 2.64. The molecule has 6 rings (SSSR count). The van der Waals surface area contributed by atoms with E-state index in [9.17, 15) is 39.6 Å². The summed E-state index contributed by atoms with van der Waals surface area (Å²) in [5.41, 5.74) is -7.13. The van der Waals surface area contributed by atoms with Gasteiger partial charge < -0.3 is 49.4 Å². The summed E-state index contributed by atoms with van der Waals surface area (Å²) in [7, 11) is 0. The van der Waals surface area contributed by atoms with Gasteiger partial charge in [0, 0.05) is 30.8 Å². The van der Waals surface area contributed by atoms with Gasteiger partial charge in [-0.3, -0.25) is 4.79 Å². The zero-order valence-corrected chi connectivity index (χ0v) is 33.7. The minimum atomic E-state index is -2.23. The van der Waals surface area contributed by atoms with Gasteiger partial charge in [-0.25, -0.2) is 14.4 Å². The zero-order valence-electron chi connectivity index (χ0n) is 33.7. The number of fused-ring (bicyclic) bond motifs is 5. The minimum Gasteiger partial charge on any atom is -0.456 e. The fourth-order valence-corrected chi connectivity index (χ4v) is 9.63.